The zero-order valence-electron chi connectivity index (χ0n) is 16.8. The van der Waals surface area contributed by atoms with Gasteiger partial charge in [0.25, 0.3) is 5.91 Å². The molecule has 3 rings (SSSR count). The van der Waals surface area contributed by atoms with E-state index < -0.39 is 28.5 Å². The molecule has 0 saturated carbocycles. The average molecular weight is 477 g/mol. The molecule has 7 nitrogen and oxygen atoms in total. The molecular weight excluding hydrogens is 456 g/mol. The lowest BCUT2D eigenvalue weighted by atomic mass is 10.2. The van der Waals surface area contributed by atoms with Gasteiger partial charge in [0, 0.05) is 29.5 Å². The minimum Gasteiger partial charge on any atom is -0.452 e. The third kappa shape index (κ3) is 5.88. The summed E-state index contributed by atoms with van der Waals surface area (Å²) in [7, 11) is -0.780. The van der Waals surface area contributed by atoms with Gasteiger partial charge in [-0.05, 0) is 47.2 Å². The van der Waals surface area contributed by atoms with E-state index >= 15 is 0 Å². The summed E-state index contributed by atoms with van der Waals surface area (Å²) in [5, 5.41) is 6.31. The van der Waals surface area contributed by atoms with Crippen molar-refractivity contribution in [2.75, 3.05) is 26.0 Å². The van der Waals surface area contributed by atoms with Crippen LogP contribution in [0.5, 0.6) is 0 Å². The molecule has 1 aromatic carbocycles. The fourth-order valence-corrected chi connectivity index (χ4v) is 4.86. The molecule has 3 aromatic rings. The molecule has 2 heterocycles. The molecular formula is C21H20N2O5S3. The molecule has 0 saturated heterocycles. The Morgan fingerprint density at radius 3 is 2.45 bits per heavy atom. The summed E-state index contributed by atoms with van der Waals surface area (Å²) < 4.78 is 30.8. The van der Waals surface area contributed by atoms with Crippen molar-refractivity contribution in [3.8, 4) is 0 Å². The Kier molecular flexibility index (Phi) is 7.39. The Labute approximate surface area is 188 Å². The van der Waals surface area contributed by atoms with Crippen LogP contribution < -0.4 is 5.32 Å². The normalized spacial score (nSPS) is 12.0. The third-order valence-electron chi connectivity index (χ3n) is 4.07. The fraction of sp³-hybridized carbons (Fsp3) is 0.143. The molecule has 2 aromatic heterocycles. The number of anilines is 1. The number of carbonyl (C=O) groups excluding carboxylic acids is 2. The van der Waals surface area contributed by atoms with Gasteiger partial charge in [0.05, 0.1) is 10.5 Å². The number of amides is 1. The number of esters is 1. The highest BCUT2D eigenvalue weighted by Gasteiger charge is 2.19. The number of carbonyl (C=O) groups is 2. The summed E-state index contributed by atoms with van der Waals surface area (Å²) in [4.78, 5) is 26.6. The summed E-state index contributed by atoms with van der Waals surface area (Å²) in [6.45, 7) is -0.503. The molecule has 0 aliphatic rings. The molecule has 1 amide bonds. The van der Waals surface area contributed by atoms with Crippen LogP contribution in [0.1, 0.15) is 9.75 Å². The number of rotatable bonds is 8. The van der Waals surface area contributed by atoms with Gasteiger partial charge < -0.3 is 10.1 Å². The number of sulfonamides is 1. The molecule has 1 N–H and O–H groups in total. The molecule has 0 fully saturated rings. The van der Waals surface area contributed by atoms with Crippen LogP contribution in [-0.4, -0.2) is 45.3 Å². The molecule has 0 unspecified atom stereocenters. The summed E-state index contributed by atoms with van der Waals surface area (Å²) in [5.74, 6) is -1.19. The molecule has 10 heteroatoms. The highest BCUT2D eigenvalue weighted by molar-refractivity contribution is 7.89. The van der Waals surface area contributed by atoms with Gasteiger partial charge in [-0.1, -0.05) is 18.2 Å². The van der Waals surface area contributed by atoms with Crippen molar-refractivity contribution < 1.29 is 22.7 Å². The van der Waals surface area contributed by atoms with E-state index in [1.807, 2.05) is 35.0 Å². The minimum absolute atomic E-state index is 0.0474. The maximum Gasteiger partial charge on any atom is 0.340 e. The molecule has 0 aliphatic heterocycles. The largest absolute Gasteiger partial charge is 0.452 e. The fourth-order valence-electron chi connectivity index (χ4n) is 2.53. The standard InChI is InChI=1S/C21H20N2O5S3/c1-23(2)31(26,27)17-8-3-6-15(12-17)22-20(24)14-28-21(25)18(19-9-5-11-30-19)13-16-7-4-10-29-16/h3-13H,14H2,1-2H3,(H,22,24). The van der Waals surface area contributed by atoms with Crippen LogP contribution in [0.4, 0.5) is 5.69 Å². The van der Waals surface area contributed by atoms with Gasteiger partial charge in [-0.3, -0.25) is 4.79 Å². The maximum atomic E-state index is 12.6. The van der Waals surface area contributed by atoms with E-state index in [4.69, 9.17) is 4.74 Å². The number of nitrogens with one attached hydrogen (secondary N) is 1. The molecule has 0 atom stereocenters. The Bertz CT molecular complexity index is 1180. The van der Waals surface area contributed by atoms with E-state index in [1.54, 1.807) is 12.1 Å². The van der Waals surface area contributed by atoms with Crippen LogP contribution >= 0.6 is 22.7 Å². The van der Waals surface area contributed by atoms with Crippen molar-refractivity contribution >= 4 is 61.9 Å². The molecule has 0 bridgehead atoms. The lowest BCUT2D eigenvalue weighted by molar-refractivity contribution is -0.141. The predicted octanol–water partition coefficient (Wildman–Crippen LogP) is 3.78. The highest BCUT2D eigenvalue weighted by Crippen LogP contribution is 2.26. The lowest BCUT2D eigenvalue weighted by Gasteiger charge is -2.13. The van der Waals surface area contributed by atoms with Gasteiger partial charge in [-0.2, -0.15) is 0 Å². The van der Waals surface area contributed by atoms with Crippen molar-refractivity contribution in [2.24, 2.45) is 0 Å². The average Bonchev–Trinajstić information content (AvgIpc) is 3.44. The van der Waals surface area contributed by atoms with Gasteiger partial charge in [0.1, 0.15) is 0 Å². The second-order valence-corrected chi connectivity index (χ2v) is 10.6. The molecule has 162 valence electrons. The second-order valence-electron chi connectivity index (χ2n) is 6.49. The van der Waals surface area contributed by atoms with Gasteiger partial charge in [-0.25, -0.2) is 17.5 Å². The Morgan fingerprint density at radius 1 is 1.06 bits per heavy atom. The lowest BCUT2D eigenvalue weighted by Crippen LogP contribution is -2.23. The van der Waals surface area contributed by atoms with Crippen LogP contribution in [-0.2, 0) is 24.3 Å². The number of thiophene rings is 2. The Hall–Kier alpha value is -2.79. The van der Waals surface area contributed by atoms with Gasteiger partial charge in [0.15, 0.2) is 6.61 Å². The van der Waals surface area contributed by atoms with Gasteiger partial charge in [-0.15, -0.1) is 22.7 Å². The smallest absolute Gasteiger partial charge is 0.340 e. The van der Waals surface area contributed by atoms with Gasteiger partial charge >= 0.3 is 5.97 Å². The molecule has 0 spiro atoms. The number of hydrogen-bond donors (Lipinski definition) is 1. The number of nitrogens with zero attached hydrogens (tertiary/aromatic N) is 1. The van der Waals surface area contributed by atoms with Crippen molar-refractivity contribution in [3.63, 3.8) is 0 Å². The zero-order chi connectivity index (χ0) is 22.4. The molecule has 0 radical (unpaired) electrons. The van der Waals surface area contributed by atoms with Crippen LogP contribution in [0.25, 0.3) is 11.6 Å². The van der Waals surface area contributed by atoms with E-state index in [0.717, 1.165) is 14.1 Å². The highest BCUT2D eigenvalue weighted by atomic mass is 32.2. The number of ether oxygens (including phenoxy) is 1. The van der Waals surface area contributed by atoms with Crippen molar-refractivity contribution in [3.05, 3.63) is 69.0 Å². The first-order chi connectivity index (χ1) is 14.8. The van der Waals surface area contributed by atoms with E-state index in [2.05, 4.69) is 5.32 Å². The van der Waals surface area contributed by atoms with E-state index in [9.17, 15) is 18.0 Å². The predicted molar refractivity (Wildman–Crippen MR) is 123 cm³/mol. The number of benzene rings is 1. The van der Waals surface area contributed by atoms with Gasteiger partial charge in [0.2, 0.25) is 10.0 Å². The topological polar surface area (TPSA) is 92.8 Å². The summed E-state index contributed by atoms with van der Waals surface area (Å²) in [6.07, 6.45) is 1.73. The van der Waals surface area contributed by atoms with Crippen molar-refractivity contribution in [1.29, 1.82) is 0 Å². The summed E-state index contributed by atoms with van der Waals surface area (Å²) >= 11 is 2.88. The second kappa shape index (κ2) is 10.0. The monoisotopic (exact) mass is 476 g/mol. The zero-order valence-corrected chi connectivity index (χ0v) is 19.2. The quantitative estimate of drug-likeness (QED) is 0.395. The summed E-state index contributed by atoms with van der Waals surface area (Å²) in [6, 6.07) is 13.3. The number of hydrogen-bond acceptors (Lipinski definition) is 7. The third-order valence-corrected chi connectivity index (χ3v) is 7.60. The summed E-state index contributed by atoms with van der Waals surface area (Å²) in [5.41, 5.74) is 0.654. The molecule has 31 heavy (non-hydrogen) atoms. The van der Waals surface area contributed by atoms with E-state index in [0.29, 0.717) is 5.57 Å². The molecule has 0 aliphatic carbocycles. The van der Waals surface area contributed by atoms with Crippen LogP contribution in [0, 0.1) is 0 Å². The minimum atomic E-state index is -3.63. The first-order valence-corrected chi connectivity index (χ1v) is 12.3. The van der Waals surface area contributed by atoms with Crippen LogP contribution in [0.15, 0.2) is 64.2 Å². The van der Waals surface area contributed by atoms with E-state index in [-0.39, 0.29) is 10.6 Å². The van der Waals surface area contributed by atoms with Crippen molar-refractivity contribution in [2.45, 2.75) is 4.90 Å². The Morgan fingerprint density at radius 2 is 1.81 bits per heavy atom. The van der Waals surface area contributed by atoms with Crippen LogP contribution in [0.2, 0.25) is 0 Å². The SMILES string of the molecule is CN(C)S(=O)(=O)c1cccc(NC(=O)COC(=O)C(=Cc2cccs2)c2cccs2)c1. The maximum absolute atomic E-state index is 12.6. The first kappa shape index (κ1) is 22.9. The van der Waals surface area contributed by atoms with Crippen LogP contribution in [0.3, 0.4) is 0 Å². The first-order valence-electron chi connectivity index (χ1n) is 9.06. The van der Waals surface area contributed by atoms with E-state index in [1.165, 1.54) is 55.0 Å². The van der Waals surface area contributed by atoms with Crippen molar-refractivity contribution in [1.82, 2.24) is 4.31 Å². The Balaban J connectivity index is 1.67.